The molecule has 6 heteroatoms. The van der Waals surface area contributed by atoms with Gasteiger partial charge in [-0.05, 0) is 29.8 Å². The third-order valence-electron chi connectivity index (χ3n) is 4.52. The first-order valence-corrected chi connectivity index (χ1v) is 9.00. The number of rotatable bonds is 8. The van der Waals surface area contributed by atoms with Gasteiger partial charge in [-0.15, -0.1) is 0 Å². The largest absolute Gasteiger partial charge is 0.489 e. The standard InChI is InChI=1S/C21H24N2O4/c1-26-12-11-23-14-17(13-20(23)24)21(25)22-18-7-9-19(10-8-18)27-15-16-5-3-2-4-6-16/h2-10,17H,11-15H2,1H3,(H,22,25). The van der Waals surface area contributed by atoms with E-state index >= 15 is 0 Å². The second-order valence-electron chi connectivity index (χ2n) is 6.52. The minimum absolute atomic E-state index is 0.00291. The van der Waals surface area contributed by atoms with Gasteiger partial charge in [0.1, 0.15) is 12.4 Å². The number of ether oxygens (including phenoxy) is 2. The minimum atomic E-state index is -0.330. The molecule has 1 atom stereocenters. The van der Waals surface area contributed by atoms with Gasteiger partial charge in [-0.25, -0.2) is 0 Å². The monoisotopic (exact) mass is 368 g/mol. The highest BCUT2D eigenvalue weighted by Crippen LogP contribution is 2.21. The van der Waals surface area contributed by atoms with Crippen LogP contribution in [0.3, 0.4) is 0 Å². The van der Waals surface area contributed by atoms with Crippen LogP contribution in [0.15, 0.2) is 54.6 Å². The molecule has 0 radical (unpaired) electrons. The van der Waals surface area contributed by atoms with Gasteiger partial charge in [-0.3, -0.25) is 9.59 Å². The van der Waals surface area contributed by atoms with E-state index in [1.165, 1.54) is 0 Å². The second kappa shape index (κ2) is 9.19. The van der Waals surface area contributed by atoms with E-state index in [0.29, 0.717) is 32.0 Å². The molecule has 3 rings (SSSR count). The lowest BCUT2D eigenvalue weighted by molar-refractivity contribution is -0.128. The zero-order valence-corrected chi connectivity index (χ0v) is 15.4. The van der Waals surface area contributed by atoms with Gasteiger partial charge in [-0.1, -0.05) is 30.3 Å². The Morgan fingerprint density at radius 1 is 1.15 bits per heavy atom. The molecule has 0 aliphatic carbocycles. The van der Waals surface area contributed by atoms with Crippen LogP contribution in [-0.4, -0.2) is 43.5 Å². The minimum Gasteiger partial charge on any atom is -0.489 e. The SMILES string of the molecule is COCCN1CC(C(=O)Nc2ccc(OCc3ccccc3)cc2)CC1=O. The maximum absolute atomic E-state index is 12.4. The molecule has 27 heavy (non-hydrogen) atoms. The van der Waals surface area contributed by atoms with Gasteiger partial charge < -0.3 is 19.7 Å². The van der Waals surface area contributed by atoms with Crippen molar-refractivity contribution < 1.29 is 19.1 Å². The van der Waals surface area contributed by atoms with Gasteiger partial charge in [0.05, 0.1) is 12.5 Å². The second-order valence-corrected chi connectivity index (χ2v) is 6.52. The quantitative estimate of drug-likeness (QED) is 0.778. The van der Waals surface area contributed by atoms with Crippen molar-refractivity contribution in [1.82, 2.24) is 4.90 Å². The highest BCUT2D eigenvalue weighted by Gasteiger charge is 2.33. The van der Waals surface area contributed by atoms with Gasteiger partial charge in [0.2, 0.25) is 11.8 Å². The van der Waals surface area contributed by atoms with Crippen LogP contribution in [0.1, 0.15) is 12.0 Å². The molecule has 0 aromatic heterocycles. The van der Waals surface area contributed by atoms with Crippen molar-refractivity contribution >= 4 is 17.5 Å². The zero-order chi connectivity index (χ0) is 19.1. The molecule has 1 saturated heterocycles. The number of benzene rings is 2. The van der Waals surface area contributed by atoms with Crippen molar-refractivity contribution in [3.8, 4) is 5.75 Å². The van der Waals surface area contributed by atoms with Crippen molar-refractivity contribution in [2.24, 2.45) is 5.92 Å². The average molecular weight is 368 g/mol. The number of hydrogen-bond donors (Lipinski definition) is 1. The predicted octanol–water partition coefficient (Wildman–Crippen LogP) is 2.70. The molecule has 0 saturated carbocycles. The number of methoxy groups -OCH3 is 1. The Balaban J connectivity index is 1.49. The Hall–Kier alpha value is -2.86. The van der Waals surface area contributed by atoms with E-state index in [9.17, 15) is 9.59 Å². The summed E-state index contributed by atoms with van der Waals surface area (Å²) < 4.78 is 10.7. The molecule has 142 valence electrons. The number of likely N-dealkylation sites (tertiary alicyclic amines) is 1. The number of amides is 2. The highest BCUT2D eigenvalue weighted by molar-refractivity contribution is 5.97. The van der Waals surface area contributed by atoms with E-state index in [0.717, 1.165) is 11.3 Å². The molecule has 1 heterocycles. The Bertz CT molecular complexity index is 762. The van der Waals surface area contributed by atoms with Crippen LogP contribution >= 0.6 is 0 Å². The van der Waals surface area contributed by atoms with Crippen LogP contribution < -0.4 is 10.1 Å². The van der Waals surface area contributed by atoms with Crippen molar-refractivity contribution in [3.63, 3.8) is 0 Å². The van der Waals surface area contributed by atoms with Crippen molar-refractivity contribution in [2.45, 2.75) is 13.0 Å². The Kier molecular flexibility index (Phi) is 6.44. The van der Waals surface area contributed by atoms with E-state index in [4.69, 9.17) is 9.47 Å². The van der Waals surface area contributed by atoms with Crippen molar-refractivity contribution in [1.29, 1.82) is 0 Å². The molecule has 1 N–H and O–H groups in total. The van der Waals surface area contributed by atoms with E-state index in [-0.39, 0.29) is 24.2 Å². The first-order valence-electron chi connectivity index (χ1n) is 9.00. The number of carbonyl (C=O) groups excluding carboxylic acids is 2. The number of hydrogen-bond acceptors (Lipinski definition) is 4. The van der Waals surface area contributed by atoms with Gasteiger partial charge >= 0.3 is 0 Å². The van der Waals surface area contributed by atoms with Crippen molar-refractivity contribution in [3.05, 3.63) is 60.2 Å². The number of anilines is 1. The molecule has 1 aliphatic rings. The summed E-state index contributed by atoms with van der Waals surface area (Å²) >= 11 is 0. The van der Waals surface area contributed by atoms with Crippen LogP contribution in [0, 0.1) is 5.92 Å². The van der Waals surface area contributed by atoms with Crippen LogP contribution in [0.2, 0.25) is 0 Å². The molecule has 2 aromatic carbocycles. The van der Waals surface area contributed by atoms with Gasteiger partial charge in [0.15, 0.2) is 0 Å². The van der Waals surface area contributed by atoms with E-state index in [2.05, 4.69) is 5.32 Å². The molecular formula is C21H24N2O4. The summed E-state index contributed by atoms with van der Waals surface area (Å²) in [5.74, 6) is 0.264. The van der Waals surface area contributed by atoms with Crippen LogP contribution in [-0.2, 0) is 20.9 Å². The molecule has 0 bridgehead atoms. The summed E-state index contributed by atoms with van der Waals surface area (Å²) in [5.41, 5.74) is 1.79. The first-order chi connectivity index (χ1) is 13.2. The van der Waals surface area contributed by atoms with Gasteiger partial charge in [-0.2, -0.15) is 0 Å². The zero-order valence-electron chi connectivity index (χ0n) is 15.4. The normalized spacial score (nSPS) is 16.4. The maximum atomic E-state index is 12.4. The molecule has 2 amide bonds. The summed E-state index contributed by atoms with van der Waals surface area (Å²) in [4.78, 5) is 26.1. The average Bonchev–Trinajstić information content (AvgIpc) is 3.07. The fourth-order valence-electron chi connectivity index (χ4n) is 2.99. The van der Waals surface area contributed by atoms with E-state index in [1.807, 2.05) is 42.5 Å². The summed E-state index contributed by atoms with van der Waals surface area (Å²) in [6, 6.07) is 17.2. The first kappa shape index (κ1) is 18.9. The lowest BCUT2D eigenvalue weighted by Gasteiger charge is -2.16. The molecule has 2 aromatic rings. The summed E-state index contributed by atoms with van der Waals surface area (Å²) in [5, 5.41) is 2.88. The summed E-state index contributed by atoms with van der Waals surface area (Å²) in [6.45, 7) is 1.93. The lowest BCUT2D eigenvalue weighted by Crippen LogP contribution is -2.30. The van der Waals surface area contributed by atoms with Crippen LogP contribution in [0.4, 0.5) is 5.69 Å². The van der Waals surface area contributed by atoms with Gasteiger partial charge in [0.25, 0.3) is 0 Å². The Labute approximate surface area is 159 Å². The summed E-state index contributed by atoms with van der Waals surface area (Å²) in [6.07, 6.45) is 0.244. The van der Waals surface area contributed by atoms with Crippen molar-refractivity contribution in [2.75, 3.05) is 32.1 Å². The Morgan fingerprint density at radius 3 is 2.59 bits per heavy atom. The number of nitrogens with one attached hydrogen (secondary N) is 1. The summed E-state index contributed by atoms with van der Waals surface area (Å²) in [7, 11) is 1.60. The number of carbonyl (C=O) groups is 2. The third-order valence-corrected chi connectivity index (χ3v) is 4.52. The molecular weight excluding hydrogens is 344 g/mol. The van der Waals surface area contributed by atoms with Crippen LogP contribution in [0.5, 0.6) is 5.75 Å². The fraction of sp³-hybridized carbons (Fsp3) is 0.333. The fourth-order valence-corrected chi connectivity index (χ4v) is 2.99. The van der Waals surface area contributed by atoms with E-state index in [1.54, 1.807) is 24.1 Å². The van der Waals surface area contributed by atoms with E-state index < -0.39 is 0 Å². The van der Waals surface area contributed by atoms with Gasteiger partial charge in [0, 0.05) is 32.3 Å². The lowest BCUT2D eigenvalue weighted by atomic mass is 10.1. The molecule has 1 fully saturated rings. The molecule has 1 aliphatic heterocycles. The van der Waals surface area contributed by atoms with Crippen LogP contribution in [0.25, 0.3) is 0 Å². The maximum Gasteiger partial charge on any atom is 0.229 e. The molecule has 1 unspecified atom stereocenters. The topological polar surface area (TPSA) is 67.9 Å². The number of nitrogens with zero attached hydrogens (tertiary/aromatic N) is 1. The third kappa shape index (κ3) is 5.31. The Morgan fingerprint density at radius 2 is 1.89 bits per heavy atom. The highest BCUT2D eigenvalue weighted by atomic mass is 16.5. The predicted molar refractivity (Wildman–Crippen MR) is 102 cm³/mol. The molecule has 6 nitrogen and oxygen atoms in total. The molecule has 0 spiro atoms. The smallest absolute Gasteiger partial charge is 0.229 e.